The predicted octanol–water partition coefficient (Wildman–Crippen LogP) is 4.96. The van der Waals surface area contributed by atoms with Crippen LogP contribution in [0, 0.1) is 17.7 Å². The zero-order chi connectivity index (χ0) is 20.9. The second-order valence-corrected chi connectivity index (χ2v) is 7.43. The molecule has 2 fully saturated rings. The lowest BCUT2D eigenvalue weighted by atomic mass is 10.0. The average Bonchev–Trinajstić information content (AvgIpc) is 2.69. The third kappa shape index (κ3) is 6.80. The largest absolute Gasteiger partial charge is 0.573 e. The Hall–Kier alpha value is -1.42. The van der Waals surface area contributed by atoms with Crippen molar-refractivity contribution in [3.8, 4) is 5.75 Å². The molecule has 2 saturated heterocycles. The highest BCUT2D eigenvalue weighted by Crippen LogP contribution is 2.32. The highest BCUT2D eigenvalue weighted by atomic mass is 19.4. The van der Waals surface area contributed by atoms with Gasteiger partial charge in [0.2, 0.25) is 0 Å². The van der Waals surface area contributed by atoms with E-state index in [9.17, 15) is 17.6 Å². The maximum atomic E-state index is 13.9. The van der Waals surface area contributed by atoms with Crippen LogP contribution >= 0.6 is 0 Å². The van der Waals surface area contributed by atoms with Crippen molar-refractivity contribution in [3.05, 3.63) is 29.6 Å². The van der Waals surface area contributed by atoms with E-state index in [2.05, 4.69) is 11.7 Å². The molecule has 0 bridgehead atoms. The summed E-state index contributed by atoms with van der Waals surface area (Å²) in [5.41, 5.74) is 0.302. The van der Waals surface area contributed by atoms with Crippen molar-refractivity contribution >= 4 is 0 Å². The number of ether oxygens (including phenoxy) is 5. The number of alkyl halides is 3. The molecule has 2 heterocycles. The normalized spacial score (nSPS) is 28.3. The van der Waals surface area contributed by atoms with E-state index in [0.717, 1.165) is 51.0 Å². The van der Waals surface area contributed by atoms with E-state index >= 15 is 0 Å². The monoisotopic (exact) mass is 422 g/mol. The molecule has 0 N–H and O–H groups in total. The van der Waals surface area contributed by atoms with Crippen LogP contribution in [0.15, 0.2) is 18.2 Å². The molecular formula is C20H26F4O5. The summed E-state index contributed by atoms with van der Waals surface area (Å²) >= 11 is 0. The van der Waals surface area contributed by atoms with Crippen LogP contribution in [0.2, 0.25) is 0 Å². The van der Waals surface area contributed by atoms with Gasteiger partial charge in [-0.25, -0.2) is 4.39 Å². The van der Waals surface area contributed by atoms with Crippen molar-refractivity contribution in [2.75, 3.05) is 26.4 Å². The summed E-state index contributed by atoms with van der Waals surface area (Å²) in [7, 11) is 0. The lowest BCUT2D eigenvalue weighted by molar-refractivity contribution is -0.275. The standard InChI is InChI=1S/C20H26F4O5/c1-2-3-13-9-25-18(26-10-13)7-4-14-11-27-19(28-12-14)15-5-6-17(16(21)8-15)29-20(22,23)24/h5-6,8,13-14,18-19H,2-4,7,9-12H2,1H3/t13-,14-,18-,19-. The van der Waals surface area contributed by atoms with Gasteiger partial charge in [-0.15, -0.1) is 13.2 Å². The van der Waals surface area contributed by atoms with Gasteiger partial charge in [0.05, 0.1) is 26.4 Å². The molecule has 1 aromatic rings. The lowest BCUT2D eigenvalue weighted by Crippen LogP contribution is -2.33. The molecule has 0 amide bonds. The van der Waals surface area contributed by atoms with E-state index < -0.39 is 24.2 Å². The quantitative estimate of drug-likeness (QED) is 0.582. The molecule has 0 aliphatic carbocycles. The molecule has 0 unspecified atom stereocenters. The molecule has 0 atom stereocenters. The number of hydrogen-bond donors (Lipinski definition) is 0. The van der Waals surface area contributed by atoms with Gasteiger partial charge < -0.3 is 23.7 Å². The highest BCUT2D eigenvalue weighted by molar-refractivity contribution is 5.30. The zero-order valence-electron chi connectivity index (χ0n) is 16.3. The number of benzene rings is 1. The van der Waals surface area contributed by atoms with Gasteiger partial charge in [-0.3, -0.25) is 0 Å². The topological polar surface area (TPSA) is 46.2 Å². The first kappa shape index (κ1) is 22.3. The Bertz CT molecular complexity index is 638. The maximum Gasteiger partial charge on any atom is 0.573 e. The van der Waals surface area contributed by atoms with Crippen molar-refractivity contribution in [3.63, 3.8) is 0 Å². The third-order valence-electron chi connectivity index (χ3n) is 4.96. The number of halogens is 4. The van der Waals surface area contributed by atoms with Crippen molar-refractivity contribution in [2.45, 2.75) is 51.5 Å². The smallest absolute Gasteiger partial charge is 0.403 e. The second-order valence-electron chi connectivity index (χ2n) is 7.43. The molecule has 0 radical (unpaired) electrons. The molecule has 0 aromatic heterocycles. The summed E-state index contributed by atoms with van der Waals surface area (Å²) in [5, 5.41) is 0. The van der Waals surface area contributed by atoms with E-state index in [4.69, 9.17) is 18.9 Å². The van der Waals surface area contributed by atoms with Crippen molar-refractivity contribution in [1.29, 1.82) is 0 Å². The van der Waals surface area contributed by atoms with Crippen LogP contribution in [0.1, 0.15) is 44.5 Å². The Kier molecular flexibility index (Phi) is 7.72. The van der Waals surface area contributed by atoms with E-state index in [-0.39, 0.29) is 12.2 Å². The van der Waals surface area contributed by atoms with Gasteiger partial charge in [-0.2, -0.15) is 0 Å². The Labute approximate surface area is 167 Å². The Balaban J connectivity index is 1.41. The molecule has 2 aliphatic heterocycles. The van der Waals surface area contributed by atoms with Gasteiger partial charge in [-0.1, -0.05) is 19.4 Å². The summed E-state index contributed by atoms with van der Waals surface area (Å²) in [5.74, 6) is -1.40. The molecule has 29 heavy (non-hydrogen) atoms. The van der Waals surface area contributed by atoms with E-state index in [1.807, 2.05) is 0 Å². The number of rotatable bonds is 7. The Morgan fingerprint density at radius 3 is 2.14 bits per heavy atom. The molecule has 9 heteroatoms. The van der Waals surface area contributed by atoms with Crippen LogP contribution in [0.3, 0.4) is 0 Å². The summed E-state index contributed by atoms with van der Waals surface area (Å²) < 4.78 is 76.9. The highest BCUT2D eigenvalue weighted by Gasteiger charge is 2.33. The minimum atomic E-state index is -4.95. The van der Waals surface area contributed by atoms with Crippen LogP contribution in [-0.4, -0.2) is 39.1 Å². The summed E-state index contributed by atoms with van der Waals surface area (Å²) in [6.07, 6.45) is -2.24. The Morgan fingerprint density at radius 1 is 0.931 bits per heavy atom. The molecule has 0 spiro atoms. The van der Waals surface area contributed by atoms with Crippen LogP contribution in [0.25, 0.3) is 0 Å². The molecule has 1 aromatic carbocycles. The van der Waals surface area contributed by atoms with Crippen LogP contribution < -0.4 is 4.74 Å². The van der Waals surface area contributed by atoms with Gasteiger partial charge in [0.1, 0.15) is 0 Å². The van der Waals surface area contributed by atoms with E-state index in [1.165, 1.54) is 6.07 Å². The second kappa shape index (κ2) is 10.1. The fourth-order valence-corrected chi connectivity index (χ4v) is 3.47. The van der Waals surface area contributed by atoms with Crippen molar-refractivity contribution in [2.24, 2.45) is 11.8 Å². The van der Waals surface area contributed by atoms with E-state index in [0.29, 0.717) is 24.7 Å². The molecule has 3 rings (SSSR count). The van der Waals surface area contributed by atoms with Crippen molar-refractivity contribution < 1.29 is 41.2 Å². The minimum absolute atomic E-state index is 0.143. The fraction of sp³-hybridized carbons (Fsp3) is 0.700. The van der Waals surface area contributed by atoms with Crippen LogP contribution in [0.4, 0.5) is 17.6 Å². The van der Waals surface area contributed by atoms with Gasteiger partial charge in [0, 0.05) is 17.4 Å². The zero-order valence-corrected chi connectivity index (χ0v) is 16.3. The summed E-state index contributed by atoms with van der Waals surface area (Å²) in [6.45, 7) is 4.38. The SMILES string of the molecule is CCC[C@H]1CO[C@H](CC[C@H]2CO[C@H](c3ccc(OC(F)(F)F)c(F)c3)OC2)OC1. The molecule has 2 aliphatic rings. The lowest BCUT2D eigenvalue weighted by Gasteiger charge is -2.32. The van der Waals surface area contributed by atoms with Gasteiger partial charge >= 0.3 is 6.36 Å². The third-order valence-corrected chi connectivity index (χ3v) is 4.96. The van der Waals surface area contributed by atoms with Crippen molar-refractivity contribution in [1.82, 2.24) is 0 Å². The van der Waals surface area contributed by atoms with Crippen LogP contribution in [-0.2, 0) is 18.9 Å². The first-order chi connectivity index (χ1) is 13.8. The molecule has 164 valence electrons. The first-order valence-corrected chi connectivity index (χ1v) is 9.85. The maximum absolute atomic E-state index is 13.9. The molecular weight excluding hydrogens is 396 g/mol. The van der Waals surface area contributed by atoms with E-state index in [1.54, 1.807) is 0 Å². The number of hydrogen-bond acceptors (Lipinski definition) is 5. The molecule has 0 saturated carbocycles. The molecule has 5 nitrogen and oxygen atoms in total. The summed E-state index contributed by atoms with van der Waals surface area (Å²) in [4.78, 5) is 0. The minimum Gasteiger partial charge on any atom is -0.403 e. The van der Waals surface area contributed by atoms with Gasteiger partial charge in [0.15, 0.2) is 24.1 Å². The summed E-state index contributed by atoms with van der Waals surface area (Å²) in [6, 6.07) is 3.15. The van der Waals surface area contributed by atoms with Crippen LogP contribution in [0.5, 0.6) is 5.75 Å². The van der Waals surface area contributed by atoms with Gasteiger partial charge in [-0.05, 0) is 31.4 Å². The fourth-order valence-electron chi connectivity index (χ4n) is 3.47. The predicted molar refractivity (Wildman–Crippen MR) is 94.5 cm³/mol. The first-order valence-electron chi connectivity index (χ1n) is 9.85. The Morgan fingerprint density at radius 2 is 1.55 bits per heavy atom. The average molecular weight is 422 g/mol. The van der Waals surface area contributed by atoms with Gasteiger partial charge in [0.25, 0.3) is 0 Å².